The summed E-state index contributed by atoms with van der Waals surface area (Å²) in [6, 6.07) is 6.12. The molecule has 0 saturated carbocycles. The van der Waals surface area contributed by atoms with Gasteiger partial charge in [0.2, 0.25) is 0 Å². The number of rotatable bonds is 7. The number of aliphatic carboxylic acids is 1. The third-order valence-corrected chi connectivity index (χ3v) is 2.73. The minimum absolute atomic E-state index is 0.0358. The van der Waals surface area contributed by atoms with Crippen LogP contribution < -0.4 is 5.32 Å². The van der Waals surface area contributed by atoms with Crippen molar-refractivity contribution >= 4 is 11.9 Å². The Kier molecular flexibility index (Phi) is 6.02. The van der Waals surface area contributed by atoms with E-state index < -0.39 is 12.0 Å². The number of nitrogens with one attached hydrogen (secondary N) is 1. The fourth-order valence-corrected chi connectivity index (χ4v) is 1.70. The summed E-state index contributed by atoms with van der Waals surface area (Å²) >= 11 is 0. The summed E-state index contributed by atoms with van der Waals surface area (Å²) in [5.74, 6) is -1.49. The third-order valence-electron chi connectivity index (χ3n) is 2.73. The van der Waals surface area contributed by atoms with Crippen LogP contribution in [-0.2, 0) is 16.0 Å². The van der Waals surface area contributed by atoms with Crippen LogP contribution in [0.5, 0.6) is 0 Å². The standard InChI is InChI=1S/C14H19NO4/c1-3-10-7-5-6-8-11(10)13(16)15-12(14(17)18)9-19-4-2/h5-8,12H,3-4,9H2,1-2H3,(H,15,16)(H,17,18)/t12-/m0/s1. The van der Waals surface area contributed by atoms with Crippen LogP contribution in [0.4, 0.5) is 0 Å². The third kappa shape index (κ3) is 4.37. The van der Waals surface area contributed by atoms with Crippen molar-refractivity contribution in [2.24, 2.45) is 0 Å². The van der Waals surface area contributed by atoms with Gasteiger partial charge < -0.3 is 15.2 Å². The zero-order chi connectivity index (χ0) is 14.3. The Morgan fingerprint density at radius 1 is 1.32 bits per heavy atom. The predicted octanol–water partition coefficient (Wildman–Crippen LogP) is 1.47. The number of hydrogen-bond acceptors (Lipinski definition) is 3. The first-order valence-electron chi connectivity index (χ1n) is 6.29. The molecular weight excluding hydrogens is 246 g/mol. The molecule has 0 heterocycles. The summed E-state index contributed by atoms with van der Waals surface area (Å²) < 4.78 is 5.05. The molecule has 0 unspecified atom stereocenters. The van der Waals surface area contributed by atoms with Gasteiger partial charge in [-0.05, 0) is 25.0 Å². The summed E-state index contributed by atoms with van der Waals surface area (Å²) in [5, 5.41) is 11.5. The average Bonchev–Trinajstić information content (AvgIpc) is 2.42. The van der Waals surface area contributed by atoms with E-state index in [4.69, 9.17) is 9.84 Å². The zero-order valence-electron chi connectivity index (χ0n) is 11.2. The van der Waals surface area contributed by atoms with E-state index in [0.717, 1.165) is 5.56 Å². The maximum absolute atomic E-state index is 12.1. The largest absolute Gasteiger partial charge is 0.480 e. The molecule has 2 N–H and O–H groups in total. The van der Waals surface area contributed by atoms with Crippen LogP contribution in [0.3, 0.4) is 0 Å². The van der Waals surface area contributed by atoms with Gasteiger partial charge in [-0.25, -0.2) is 4.79 Å². The molecule has 0 aliphatic carbocycles. The van der Waals surface area contributed by atoms with Crippen molar-refractivity contribution in [3.05, 3.63) is 35.4 Å². The van der Waals surface area contributed by atoms with Crippen molar-refractivity contribution < 1.29 is 19.4 Å². The Labute approximate surface area is 112 Å². The molecule has 1 aromatic carbocycles. The lowest BCUT2D eigenvalue weighted by Crippen LogP contribution is -2.44. The lowest BCUT2D eigenvalue weighted by Gasteiger charge is -2.15. The second kappa shape index (κ2) is 7.53. The fraction of sp³-hybridized carbons (Fsp3) is 0.429. The summed E-state index contributed by atoms with van der Waals surface area (Å²) in [6.07, 6.45) is 0.715. The van der Waals surface area contributed by atoms with E-state index in [0.29, 0.717) is 18.6 Å². The maximum atomic E-state index is 12.1. The Morgan fingerprint density at radius 3 is 2.58 bits per heavy atom. The predicted molar refractivity (Wildman–Crippen MR) is 71.2 cm³/mol. The molecule has 0 aliphatic rings. The summed E-state index contributed by atoms with van der Waals surface area (Å²) in [5.41, 5.74) is 1.40. The average molecular weight is 265 g/mol. The van der Waals surface area contributed by atoms with Crippen LogP contribution in [-0.4, -0.2) is 36.2 Å². The van der Waals surface area contributed by atoms with Crippen LogP contribution in [0.15, 0.2) is 24.3 Å². The monoisotopic (exact) mass is 265 g/mol. The van der Waals surface area contributed by atoms with E-state index >= 15 is 0 Å². The van der Waals surface area contributed by atoms with Gasteiger partial charge in [0.1, 0.15) is 0 Å². The van der Waals surface area contributed by atoms with Crippen LogP contribution in [0.2, 0.25) is 0 Å². The Bertz CT molecular complexity index is 445. The molecule has 1 amide bonds. The number of carboxylic acids is 1. The highest BCUT2D eigenvalue weighted by atomic mass is 16.5. The Hall–Kier alpha value is -1.88. The van der Waals surface area contributed by atoms with Gasteiger partial charge in [-0.15, -0.1) is 0 Å². The van der Waals surface area contributed by atoms with E-state index in [1.807, 2.05) is 19.1 Å². The van der Waals surface area contributed by atoms with Crippen molar-refractivity contribution in [2.75, 3.05) is 13.2 Å². The molecule has 0 bridgehead atoms. The molecule has 0 saturated heterocycles. The smallest absolute Gasteiger partial charge is 0.328 e. The van der Waals surface area contributed by atoms with E-state index in [2.05, 4.69) is 5.32 Å². The van der Waals surface area contributed by atoms with Gasteiger partial charge in [0.05, 0.1) is 6.61 Å². The summed E-state index contributed by atoms with van der Waals surface area (Å²) in [6.45, 7) is 4.09. The number of amides is 1. The quantitative estimate of drug-likeness (QED) is 0.782. The molecule has 1 atom stereocenters. The molecule has 5 nitrogen and oxygen atoms in total. The zero-order valence-corrected chi connectivity index (χ0v) is 11.2. The fourth-order valence-electron chi connectivity index (χ4n) is 1.70. The molecule has 1 aromatic rings. The SMILES string of the molecule is CCOC[C@H](NC(=O)c1ccccc1CC)C(=O)O. The number of ether oxygens (including phenoxy) is 1. The molecular formula is C14H19NO4. The molecule has 1 rings (SSSR count). The number of benzene rings is 1. The number of carbonyl (C=O) groups is 2. The first kappa shape index (κ1) is 15.2. The van der Waals surface area contributed by atoms with Crippen LogP contribution in [0, 0.1) is 0 Å². The minimum Gasteiger partial charge on any atom is -0.480 e. The van der Waals surface area contributed by atoms with Gasteiger partial charge in [-0.1, -0.05) is 25.1 Å². The van der Waals surface area contributed by atoms with Crippen molar-refractivity contribution in [3.8, 4) is 0 Å². The van der Waals surface area contributed by atoms with Crippen LogP contribution in [0.1, 0.15) is 29.8 Å². The molecule has 0 spiro atoms. The van der Waals surface area contributed by atoms with Gasteiger partial charge >= 0.3 is 5.97 Å². The maximum Gasteiger partial charge on any atom is 0.328 e. The highest BCUT2D eigenvalue weighted by Gasteiger charge is 2.21. The van der Waals surface area contributed by atoms with Gasteiger partial charge in [0, 0.05) is 12.2 Å². The number of hydrogen-bond donors (Lipinski definition) is 2. The van der Waals surface area contributed by atoms with Gasteiger partial charge in [-0.2, -0.15) is 0 Å². The second-order valence-corrected chi connectivity index (χ2v) is 4.03. The van der Waals surface area contributed by atoms with Crippen LogP contribution in [0.25, 0.3) is 0 Å². The number of carbonyl (C=O) groups excluding carboxylic acids is 1. The van der Waals surface area contributed by atoms with Gasteiger partial charge in [-0.3, -0.25) is 4.79 Å². The van der Waals surface area contributed by atoms with Crippen LogP contribution >= 0.6 is 0 Å². The van der Waals surface area contributed by atoms with E-state index in [1.54, 1.807) is 19.1 Å². The molecule has 5 heteroatoms. The van der Waals surface area contributed by atoms with E-state index in [1.165, 1.54) is 0 Å². The lowest BCUT2D eigenvalue weighted by atomic mass is 10.0. The summed E-state index contributed by atoms with van der Waals surface area (Å²) in [7, 11) is 0. The normalized spacial score (nSPS) is 11.9. The van der Waals surface area contributed by atoms with Crippen molar-refractivity contribution in [3.63, 3.8) is 0 Å². The Morgan fingerprint density at radius 2 is 2.00 bits per heavy atom. The first-order valence-corrected chi connectivity index (χ1v) is 6.29. The van der Waals surface area contributed by atoms with Crippen molar-refractivity contribution in [1.82, 2.24) is 5.32 Å². The van der Waals surface area contributed by atoms with Gasteiger partial charge in [0.25, 0.3) is 5.91 Å². The van der Waals surface area contributed by atoms with Gasteiger partial charge in [0.15, 0.2) is 6.04 Å². The summed E-state index contributed by atoms with van der Waals surface area (Å²) in [4.78, 5) is 23.1. The molecule has 0 fully saturated rings. The number of carboxylic acid groups (broad SMARTS) is 1. The minimum atomic E-state index is -1.10. The van der Waals surface area contributed by atoms with E-state index in [-0.39, 0.29) is 12.5 Å². The Balaban J connectivity index is 2.78. The molecule has 0 aromatic heterocycles. The lowest BCUT2D eigenvalue weighted by molar-refractivity contribution is -0.140. The molecule has 19 heavy (non-hydrogen) atoms. The molecule has 0 aliphatic heterocycles. The topological polar surface area (TPSA) is 75.6 Å². The molecule has 0 radical (unpaired) electrons. The highest BCUT2D eigenvalue weighted by molar-refractivity contribution is 5.97. The van der Waals surface area contributed by atoms with Crippen molar-refractivity contribution in [2.45, 2.75) is 26.3 Å². The molecule has 104 valence electrons. The van der Waals surface area contributed by atoms with Crippen molar-refractivity contribution in [1.29, 1.82) is 0 Å². The second-order valence-electron chi connectivity index (χ2n) is 4.03. The van der Waals surface area contributed by atoms with E-state index in [9.17, 15) is 9.59 Å². The number of aryl methyl sites for hydroxylation is 1. The first-order chi connectivity index (χ1) is 9.10. The highest BCUT2D eigenvalue weighted by Crippen LogP contribution is 2.09.